The normalized spacial score (nSPS) is 27.6. The molecule has 5 heterocycles. The van der Waals surface area contributed by atoms with Crippen LogP contribution in [0.3, 0.4) is 0 Å². The van der Waals surface area contributed by atoms with Gasteiger partial charge in [-0.05, 0) is 61.2 Å². The maximum Gasteiger partial charge on any atom is 0.407 e. The lowest BCUT2D eigenvalue weighted by Gasteiger charge is -2.44. The highest BCUT2D eigenvalue weighted by atomic mass is 19.1. The number of carbonyl (C=O) groups excluding carboxylic acids is 1. The van der Waals surface area contributed by atoms with Crippen LogP contribution in [-0.4, -0.2) is 69.6 Å². The van der Waals surface area contributed by atoms with Gasteiger partial charge in [-0.2, -0.15) is 0 Å². The molecule has 0 saturated carbocycles. The molecule has 0 radical (unpaired) electrons. The summed E-state index contributed by atoms with van der Waals surface area (Å²) in [7, 11) is 0. The number of carbonyl (C=O) groups is 1. The minimum Gasteiger partial charge on any atom is -0.493 e. The van der Waals surface area contributed by atoms with E-state index in [0.717, 1.165) is 54.9 Å². The van der Waals surface area contributed by atoms with Crippen LogP contribution in [-0.2, 0) is 9.47 Å². The van der Waals surface area contributed by atoms with Crippen LogP contribution in [0.5, 0.6) is 5.75 Å². The number of nitrogens with zero attached hydrogens (tertiary/aromatic N) is 2. The van der Waals surface area contributed by atoms with Crippen molar-refractivity contribution in [2.24, 2.45) is 5.92 Å². The van der Waals surface area contributed by atoms with E-state index in [-0.39, 0.29) is 24.1 Å². The number of benzene rings is 2. The third-order valence-corrected chi connectivity index (χ3v) is 7.83. The molecular weight excluding hydrogens is 449 g/mol. The van der Waals surface area contributed by atoms with Gasteiger partial charge in [-0.3, -0.25) is 4.90 Å². The maximum absolute atomic E-state index is 14.9. The molecule has 2 bridgehead atoms. The summed E-state index contributed by atoms with van der Waals surface area (Å²) in [5.41, 5.74) is 3.21. The van der Waals surface area contributed by atoms with Gasteiger partial charge in [-0.1, -0.05) is 18.2 Å². The van der Waals surface area contributed by atoms with E-state index in [2.05, 4.69) is 10.2 Å². The molecule has 1 unspecified atom stereocenters. The van der Waals surface area contributed by atoms with Gasteiger partial charge in [0, 0.05) is 31.6 Å². The molecular formula is C27H32FN3O4. The minimum atomic E-state index is -0.355. The van der Waals surface area contributed by atoms with Crippen molar-refractivity contribution in [2.75, 3.05) is 57.4 Å². The van der Waals surface area contributed by atoms with Crippen LogP contribution in [0.1, 0.15) is 30.9 Å². The number of hydrogen-bond acceptors (Lipinski definition) is 6. The summed E-state index contributed by atoms with van der Waals surface area (Å²) in [5, 5.41) is 3.06. The molecule has 4 saturated heterocycles. The zero-order valence-electron chi connectivity index (χ0n) is 19.9. The Hall–Kier alpha value is -2.84. The lowest BCUT2D eigenvalue weighted by molar-refractivity contribution is -0.0342. The molecule has 8 heteroatoms. The standard InChI is InChI=1S/C27H32FN3O4/c28-22-15-19(2-4-24(22)31-10-13-33-14-11-31)20-1-3-21-23(7-12-34-25(21)16-20)29-27(32)35-26-17-30-8-5-18(26)6-9-30/h1-4,15-16,18,23,26H,5-14,17H2,(H,29,32)/t23?,26-/m0/s1. The highest BCUT2D eigenvalue weighted by Crippen LogP contribution is 2.37. The van der Waals surface area contributed by atoms with Crippen molar-refractivity contribution in [3.63, 3.8) is 0 Å². The molecule has 1 amide bonds. The van der Waals surface area contributed by atoms with Gasteiger partial charge in [0.25, 0.3) is 0 Å². The molecule has 5 aliphatic rings. The Kier molecular flexibility index (Phi) is 6.24. The van der Waals surface area contributed by atoms with Crippen molar-refractivity contribution >= 4 is 11.8 Å². The van der Waals surface area contributed by atoms with Crippen molar-refractivity contribution in [2.45, 2.75) is 31.4 Å². The van der Waals surface area contributed by atoms with Crippen LogP contribution < -0.4 is 15.0 Å². The van der Waals surface area contributed by atoms with Crippen molar-refractivity contribution in [1.82, 2.24) is 10.2 Å². The highest BCUT2D eigenvalue weighted by Gasteiger charge is 2.37. The van der Waals surface area contributed by atoms with E-state index in [9.17, 15) is 9.18 Å². The number of alkyl carbamates (subject to hydrolysis) is 1. The second kappa shape index (κ2) is 9.66. The van der Waals surface area contributed by atoms with E-state index in [1.54, 1.807) is 6.07 Å². The third-order valence-electron chi connectivity index (χ3n) is 7.83. The molecule has 5 aliphatic heterocycles. The molecule has 2 aromatic carbocycles. The van der Waals surface area contributed by atoms with E-state index in [4.69, 9.17) is 14.2 Å². The summed E-state index contributed by atoms with van der Waals surface area (Å²) in [6.07, 6.45) is 2.52. The predicted molar refractivity (Wildman–Crippen MR) is 130 cm³/mol. The Morgan fingerprint density at radius 1 is 0.971 bits per heavy atom. The number of rotatable bonds is 4. The first-order valence-electron chi connectivity index (χ1n) is 12.7. The first-order valence-corrected chi connectivity index (χ1v) is 12.7. The molecule has 0 spiro atoms. The lowest BCUT2D eigenvalue weighted by Crippen LogP contribution is -2.52. The molecule has 35 heavy (non-hydrogen) atoms. The monoisotopic (exact) mass is 481 g/mol. The van der Waals surface area contributed by atoms with Crippen molar-refractivity contribution in [3.8, 4) is 16.9 Å². The predicted octanol–water partition coefficient (Wildman–Crippen LogP) is 3.97. The molecule has 1 N–H and O–H groups in total. The number of amides is 1. The van der Waals surface area contributed by atoms with Crippen LogP contribution in [0.25, 0.3) is 11.1 Å². The Labute approximate surface area is 205 Å². The fraction of sp³-hybridized carbons (Fsp3) is 0.519. The van der Waals surface area contributed by atoms with Gasteiger partial charge in [0.1, 0.15) is 17.7 Å². The maximum atomic E-state index is 14.9. The summed E-state index contributed by atoms with van der Waals surface area (Å²) in [4.78, 5) is 17.1. The zero-order chi connectivity index (χ0) is 23.8. The number of anilines is 1. The summed E-state index contributed by atoms with van der Waals surface area (Å²) in [5.74, 6) is 0.961. The summed E-state index contributed by atoms with van der Waals surface area (Å²) in [6.45, 7) is 6.19. The molecule has 4 fully saturated rings. The molecule has 7 rings (SSSR count). The van der Waals surface area contributed by atoms with Crippen LogP contribution in [0, 0.1) is 11.7 Å². The Bertz CT molecular complexity index is 1080. The Morgan fingerprint density at radius 3 is 2.49 bits per heavy atom. The van der Waals surface area contributed by atoms with E-state index in [0.29, 0.717) is 50.9 Å². The topological polar surface area (TPSA) is 63.3 Å². The van der Waals surface area contributed by atoms with E-state index < -0.39 is 0 Å². The number of piperidine rings is 3. The largest absolute Gasteiger partial charge is 0.493 e. The zero-order valence-corrected chi connectivity index (χ0v) is 19.9. The first kappa shape index (κ1) is 22.6. The van der Waals surface area contributed by atoms with Gasteiger partial charge >= 0.3 is 6.09 Å². The fourth-order valence-electron chi connectivity index (χ4n) is 5.82. The Morgan fingerprint density at radius 2 is 1.74 bits per heavy atom. The van der Waals surface area contributed by atoms with Crippen molar-refractivity contribution < 1.29 is 23.4 Å². The third kappa shape index (κ3) is 4.69. The molecule has 2 atom stereocenters. The number of halogens is 1. The van der Waals surface area contributed by atoms with Gasteiger partial charge in [0.2, 0.25) is 0 Å². The summed E-state index contributed by atoms with van der Waals surface area (Å²) in [6, 6.07) is 11.1. The van der Waals surface area contributed by atoms with Gasteiger partial charge in [0.15, 0.2) is 0 Å². The van der Waals surface area contributed by atoms with E-state index in [1.165, 1.54) is 0 Å². The van der Waals surface area contributed by atoms with Crippen LogP contribution >= 0.6 is 0 Å². The van der Waals surface area contributed by atoms with Gasteiger partial charge in [0.05, 0.1) is 31.5 Å². The van der Waals surface area contributed by atoms with Crippen molar-refractivity contribution in [1.29, 1.82) is 0 Å². The van der Waals surface area contributed by atoms with Gasteiger partial charge < -0.3 is 24.4 Å². The number of fused-ring (bicyclic) bond motifs is 4. The number of ether oxygens (including phenoxy) is 3. The molecule has 0 aromatic heterocycles. The molecule has 186 valence electrons. The fourth-order valence-corrected chi connectivity index (χ4v) is 5.82. The number of nitrogens with one attached hydrogen (secondary N) is 1. The minimum absolute atomic E-state index is 0.0190. The number of morpholine rings is 1. The summed E-state index contributed by atoms with van der Waals surface area (Å²) >= 11 is 0. The summed E-state index contributed by atoms with van der Waals surface area (Å²) < 4.78 is 32.1. The smallest absolute Gasteiger partial charge is 0.407 e. The average Bonchev–Trinajstić information content (AvgIpc) is 2.89. The van der Waals surface area contributed by atoms with Crippen molar-refractivity contribution in [3.05, 3.63) is 47.8 Å². The first-order chi connectivity index (χ1) is 17.1. The molecule has 0 aliphatic carbocycles. The molecule has 7 nitrogen and oxygen atoms in total. The van der Waals surface area contributed by atoms with E-state index >= 15 is 0 Å². The van der Waals surface area contributed by atoms with Crippen LogP contribution in [0.2, 0.25) is 0 Å². The average molecular weight is 482 g/mol. The van der Waals surface area contributed by atoms with Gasteiger partial charge in [-0.15, -0.1) is 0 Å². The molecule has 2 aromatic rings. The quantitative estimate of drug-likeness (QED) is 0.713. The van der Waals surface area contributed by atoms with Crippen LogP contribution in [0.4, 0.5) is 14.9 Å². The number of hydrogen-bond donors (Lipinski definition) is 1. The lowest BCUT2D eigenvalue weighted by atomic mass is 9.86. The highest BCUT2D eigenvalue weighted by molar-refractivity contribution is 5.71. The SMILES string of the molecule is O=C(NC1CCOc2cc(-c3ccc(N4CCOCC4)c(F)c3)ccc21)O[C@H]1CN2CCC1CC2. The second-order valence-electron chi connectivity index (χ2n) is 9.93. The second-order valence-corrected chi connectivity index (χ2v) is 9.93. The van der Waals surface area contributed by atoms with Crippen LogP contribution in [0.15, 0.2) is 36.4 Å². The van der Waals surface area contributed by atoms with E-state index in [1.807, 2.05) is 35.2 Å². The Balaban J connectivity index is 1.14. The van der Waals surface area contributed by atoms with Gasteiger partial charge in [-0.25, -0.2) is 9.18 Å².